The molecule has 5 nitrogen and oxygen atoms in total. The van der Waals surface area contributed by atoms with E-state index in [0.717, 1.165) is 18.2 Å². The minimum Gasteiger partial charge on any atom is -0.484 e. The summed E-state index contributed by atoms with van der Waals surface area (Å²) in [6.45, 7) is 3.27. The fraction of sp³-hybridized carbons (Fsp3) is 0.417. The quantitative estimate of drug-likeness (QED) is 0.596. The van der Waals surface area contributed by atoms with E-state index in [9.17, 15) is 28.1 Å². The Morgan fingerprint density at radius 1 is 1.30 bits per heavy atom. The molecule has 1 rings (SSSR count). The Morgan fingerprint density at radius 2 is 1.90 bits per heavy atom. The van der Waals surface area contributed by atoms with Crippen molar-refractivity contribution in [1.82, 2.24) is 0 Å². The van der Waals surface area contributed by atoms with Gasteiger partial charge >= 0.3 is 5.69 Å². The largest absolute Gasteiger partial charge is 0.484 e. The molecule has 0 aliphatic rings. The Kier molecular flexibility index (Phi) is 5.06. The van der Waals surface area contributed by atoms with Gasteiger partial charge in [0, 0.05) is 11.6 Å². The van der Waals surface area contributed by atoms with E-state index in [1.165, 1.54) is 0 Å². The first-order valence-electron chi connectivity index (χ1n) is 5.65. The number of alkyl halides is 3. The second kappa shape index (κ2) is 6.36. The monoisotopic (exact) mass is 291 g/mol. The predicted molar refractivity (Wildman–Crippen MR) is 63.7 cm³/mol. The lowest BCUT2D eigenvalue weighted by Gasteiger charge is -2.12. The molecule has 20 heavy (non-hydrogen) atoms. The summed E-state index contributed by atoms with van der Waals surface area (Å²) >= 11 is 0. The van der Waals surface area contributed by atoms with E-state index in [0.29, 0.717) is 0 Å². The van der Waals surface area contributed by atoms with E-state index in [1.807, 2.05) is 0 Å². The summed E-state index contributed by atoms with van der Waals surface area (Å²) in [6.07, 6.45) is -6.44. The molecule has 1 aromatic carbocycles. The molecule has 0 aliphatic carbocycles. The molecular weight excluding hydrogens is 279 g/mol. The number of hydrogen-bond acceptors (Lipinski definition) is 4. The first kappa shape index (κ1) is 15.9. The summed E-state index contributed by atoms with van der Waals surface area (Å²) in [5, 5.41) is 10.9. The van der Waals surface area contributed by atoms with Crippen LogP contribution in [0.3, 0.4) is 0 Å². The summed E-state index contributed by atoms with van der Waals surface area (Å²) in [6, 6.07) is 2.82. The number of ketones is 1. The summed E-state index contributed by atoms with van der Waals surface area (Å²) in [5.74, 6) is -2.05. The van der Waals surface area contributed by atoms with Gasteiger partial charge in [-0.25, -0.2) is 13.2 Å². The van der Waals surface area contributed by atoms with Gasteiger partial charge in [-0.15, -0.1) is 0 Å². The zero-order valence-corrected chi connectivity index (χ0v) is 10.7. The van der Waals surface area contributed by atoms with Crippen LogP contribution in [0, 0.1) is 10.1 Å². The van der Waals surface area contributed by atoms with E-state index < -0.39 is 34.6 Å². The number of carbonyl (C=O) groups is 1. The van der Waals surface area contributed by atoms with Gasteiger partial charge in [0.25, 0.3) is 6.43 Å². The summed E-state index contributed by atoms with van der Waals surface area (Å²) in [5.41, 5.74) is -1.08. The predicted octanol–water partition coefficient (Wildman–Crippen LogP) is 3.23. The van der Waals surface area contributed by atoms with E-state index in [1.54, 1.807) is 13.8 Å². The van der Waals surface area contributed by atoms with Crippen LogP contribution in [-0.2, 0) is 4.79 Å². The highest BCUT2D eigenvalue weighted by Gasteiger charge is 2.30. The number of rotatable bonds is 6. The van der Waals surface area contributed by atoms with E-state index in [2.05, 4.69) is 0 Å². The smallest absolute Gasteiger partial charge is 0.311 e. The second-order valence-electron chi connectivity index (χ2n) is 4.22. The average Bonchev–Trinajstić information content (AvgIpc) is 2.36. The molecule has 0 saturated carbocycles. The molecule has 1 aromatic rings. The molecule has 0 radical (unpaired) electrons. The number of benzene rings is 1. The average molecular weight is 291 g/mol. The molecule has 0 spiro atoms. The van der Waals surface area contributed by atoms with Crippen molar-refractivity contribution in [1.29, 1.82) is 0 Å². The van der Waals surface area contributed by atoms with Crippen LogP contribution in [0.15, 0.2) is 18.2 Å². The fourth-order valence-corrected chi connectivity index (χ4v) is 1.46. The Hall–Kier alpha value is -2.12. The van der Waals surface area contributed by atoms with Crippen LogP contribution in [0.2, 0.25) is 0 Å². The van der Waals surface area contributed by atoms with E-state index in [-0.39, 0.29) is 11.9 Å². The molecule has 0 amide bonds. The van der Waals surface area contributed by atoms with Crippen molar-refractivity contribution < 1.29 is 27.6 Å². The number of hydrogen-bond donors (Lipinski definition) is 0. The molecule has 1 atom stereocenters. The third-order valence-corrected chi connectivity index (χ3v) is 2.30. The van der Waals surface area contributed by atoms with Crippen molar-refractivity contribution >= 4 is 11.5 Å². The van der Waals surface area contributed by atoms with Crippen LogP contribution < -0.4 is 4.74 Å². The topological polar surface area (TPSA) is 69.4 Å². The van der Waals surface area contributed by atoms with Crippen LogP contribution in [-0.4, -0.2) is 23.2 Å². The Labute approximate surface area is 112 Å². The van der Waals surface area contributed by atoms with Crippen molar-refractivity contribution in [3.8, 4) is 5.75 Å². The lowest BCUT2D eigenvalue weighted by atomic mass is 10.1. The van der Waals surface area contributed by atoms with Crippen molar-refractivity contribution in [2.24, 2.45) is 0 Å². The lowest BCUT2D eigenvalue weighted by molar-refractivity contribution is -0.386. The van der Waals surface area contributed by atoms with Gasteiger partial charge in [-0.2, -0.15) is 0 Å². The van der Waals surface area contributed by atoms with Gasteiger partial charge < -0.3 is 4.74 Å². The van der Waals surface area contributed by atoms with Crippen molar-refractivity contribution in [2.45, 2.75) is 32.5 Å². The van der Waals surface area contributed by atoms with Gasteiger partial charge in [0.1, 0.15) is 0 Å². The molecule has 8 heteroatoms. The molecule has 1 unspecified atom stereocenters. The summed E-state index contributed by atoms with van der Waals surface area (Å²) in [7, 11) is 0. The third-order valence-electron chi connectivity index (χ3n) is 2.30. The summed E-state index contributed by atoms with van der Waals surface area (Å²) < 4.78 is 42.9. The number of Topliss-reactive ketones (excluding diaryl/α,β-unsaturated/α-hetero) is 1. The zero-order chi connectivity index (χ0) is 15.4. The number of halogens is 3. The first-order valence-corrected chi connectivity index (χ1v) is 5.65. The molecule has 0 bridgehead atoms. The van der Waals surface area contributed by atoms with Gasteiger partial charge in [-0.1, -0.05) is 6.07 Å². The molecule has 0 aromatic heterocycles. The highest BCUT2D eigenvalue weighted by molar-refractivity contribution is 5.87. The number of ether oxygens (including phenoxy) is 1. The highest BCUT2D eigenvalue weighted by atomic mass is 19.3. The molecule has 0 N–H and O–H groups in total. The van der Waals surface area contributed by atoms with Crippen LogP contribution in [0.1, 0.15) is 25.6 Å². The molecular formula is C12H12F3NO4. The zero-order valence-electron chi connectivity index (χ0n) is 10.7. The molecule has 0 heterocycles. The number of nitro benzene ring substituents is 1. The third kappa shape index (κ3) is 3.69. The standard InChI is InChI=1S/C12H12F3NO4/c1-6(2)20-9-4-3-7(5-8(9)16(18)19)10(13)11(17)12(14)15/h3-6,10,12H,1-2H3. The van der Waals surface area contributed by atoms with Crippen molar-refractivity contribution in [3.63, 3.8) is 0 Å². The van der Waals surface area contributed by atoms with Crippen LogP contribution in [0.4, 0.5) is 18.9 Å². The van der Waals surface area contributed by atoms with Gasteiger partial charge in [0.05, 0.1) is 11.0 Å². The minimum atomic E-state index is -3.48. The normalized spacial score (nSPS) is 12.6. The Morgan fingerprint density at radius 3 is 2.35 bits per heavy atom. The van der Waals surface area contributed by atoms with Gasteiger partial charge in [-0.3, -0.25) is 14.9 Å². The van der Waals surface area contributed by atoms with Crippen LogP contribution in [0.25, 0.3) is 0 Å². The van der Waals surface area contributed by atoms with Crippen molar-refractivity contribution in [3.05, 3.63) is 33.9 Å². The maximum Gasteiger partial charge on any atom is 0.311 e. The lowest BCUT2D eigenvalue weighted by Crippen LogP contribution is -2.17. The van der Waals surface area contributed by atoms with Crippen LogP contribution in [0.5, 0.6) is 5.75 Å². The Balaban J connectivity index is 3.16. The number of carbonyl (C=O) groups excluding carboxylic acids is 1. The van der Waals surface area contributed by atoms with Crippen molar-refractivity contribution in [2.75, 3.05) is 0 Å². The number of nitrogens with zero attached hydrogens (tertiary/aromatic N) is 1. The Bertz CT molecular complexity index is 519. The number of nitro groups is 1. The maximum atomic E-state index is 13.5. The van der Waals surface area contributed by atoms with E-state index in [4.69, 9.17) is 4.74 Å². The highest BCUT2D eigenvalue weighted by Crippen LogP contribution is 2.32. The molecule has 0 aliphatic heterocycles. The first-order chi connectivity index (χ1) is 9.23. The fourth-order valence-electron chi connectivity index (χ4n) is 1.46. The minimum absolute atomic E-state index is 0.120. The molecule has 0 saturated heterocycles. The van der Waals surface area contributed by atoms with Gasteiger partial charge in [0.2, 0.25) is 5.78 Å². The van der Waals surface area contributed by atoms with Crippen LogP contribution >= 0.6 is 0 Å². The van der Waals surface area contributed by atoms with Gasteiger partial charge in [0.15, 0.2) is 11.9 Å². The SMILES string of the molecule is CC(C)Oc1ccc(C(F)C(=O)C(F)F)cc1[N+](=O)[O-]. The van der Waals surface area contributed by atoms with Gasteiger partial charge in [-0.05, 0) is 19.9 Å². The molecule has 0 fully saturated rings. The molecule has 110 valence electrons. The second-order valence-corrected chi connectivity index (χ2v) is 4.22. The maximum absolute atomic E-state index is 13.5. The van der Waals surface area contributed by atoms with E-state index >= 15 is 0 Å². The summed E-state index contributed by atoms with van der Waals surface area (Å²) in [4.78, 5) is 20.9.